The van der Waals surface area contributed by atoms with E-state index in [-0.39, 0.29) is 5.97 Å². The molecule has 0 aliphatic heterocycles. The van der Waals surface area contributed by atoms with Crippen LogP contribution in [-0.2, 0) is 11.3 Å². The molecule has 0 amide bonds. The lowest BCUT2D eigenvalue weighted by molar-refractivity contribution is 0.0601. The Morgan fingerprint density at radius 1 is 0.962 bits per heavy atom. The lowest BCUT2D eigenvalue weighted by Gasteiger charge is -2.03. The summed E-state index contributed by atoms with van der Waals surface area (Å²) in [5.74, 6) is -0.347. The Morgan fingerprint density at radius 2 is 1.73 bits per heavy atom. The standard InChI is InChI=1S/C22H18N2O2/c1-26-22(25)18-11-7-10-17(14-18)21-19-12-5-6-13-20(19)24(23-21)15-16-8-3-2-4-9-16/h2-14H,15H2,1H3. The van der Waals surface area contributed by atoms with Crippen molar-refractivity contribution >= 4 is 16.9 Å². The van der Waals surface area contributed by atoms with Crippen LogP contribution in [0.1, 0.15) is 15.9 Å². The molecule has 1 aromatic heterocycles. The Labute approximate surface area is 151 Å². The molecule has 4 nitrogen and oxygen atoms in total. The van der Waals surface area contributed by atoms with Crippen LogP contribution >= 0.6 is 0 Å². The highest BCUT2D eigenvalue weighted by Crippen LogP contribution is 2.29. The van der Waals surface area contributed by atoms with Gasteiger partial charge in [0.1, 0.15) is 5.69 Å². The van der Waals surface area contributed by atoms with E-state index >= 15 is 0 Å². The van der Waals surface area contributed by atoms with Crippen molar-refractivity contribution < 1.29 is 9.53 Å². The highest BCUT2D eigenvalue weighted by Gasteiger charge is 2.14. The van der Waals surface area contributed by atoms with Gasteiger partial charge in [-0.15, -0.1) is 0 Å². The minimum atomic E-state index is -0.347. The highest BCUT2D eigenvalue weighted by molar-refractivity contribution is 5.96. The van der Waals surface area contributed by atoms with Gasteiger partial charge in [-0.25, -0.2) is 4.79 Å². The molecule has 128 valence electrons. The van der Waals surface area contributed by atoms with Crippen LogP contribution in [0.5, 0.6) is 0 Å². The van der Waals surface area contributed by atoms with Gasteiger partial charge >= 0.3 is 5.97 Å². The van der Waals surface area contributed by atoms with Crippen LogP contribution in [0.25, 0.3) is 22.2 Å². The van der Waals surface area contributed by atoms with Crippen LogP contribution in [0.2, 0.25) is 0 Å². The van der Waals surface area contributed by atoms with Crippen molar-refractivity contribution in [1.82, 2.24) is 9.78 Å². The average molecular weight is 342 g/mol. The van der Waals surface area contributed by atoms with Crippen molar-refractivity contribution in [2.75, 3.05) is 7.11 Å². The van der Waals surface area contributed by atoms with Gasteiger partial charge in [0, 0.05) is 10.9 Å². The first-order chi connectivity index (χ1) is 12.8. The molecule has 3 aromatic carbocycles. The zero-order chi connectivity index (χ0) is 17.9. The molecule has 0 unspecified atom stereocenters. The molecule has 1 heterocycles. The van der Waals surface area contributed by atoms with Crippen LogP contribution in [-0.4, -0.2) is 22.9 Å². The number of benzene rings is 3. The number of hydrogen-bond acceptors (Lipinski definition) is 3. The molecule has 4 rings (SSSR count). The number of ether oxygens (including phenoxy) is 1. The van der Waals surface area contributed by atoms with Crippen LogP contribution in [0.15, 0.2) is 78.9 Å². The molecular formula is C22H18N2O2. The molecule has 0 aliphatic carbocycles. The molecule has 0 saturated heterocycles. The quantitative estimate of drug-likeness (QED) is 0.512. The van der Waals surface area contributed by atoms with E-state index in [2.05, 4.69) is 24.3 Å². The molecule has 26 heavy (non-hydrogen) atoms. The summed E-state index contributed by atoms with van der Waals surface area (Å²) in [6, 6.07) is 25.8. The molecule has 0 atom stereocenters. The zero-order valence-corrected chi connectivity index (χ0v) is 14.4. The summed E-state index contributed by atoms with van der Waals surface area (Å²) in [6.07, 6.45) is 0. The second-order valence-corrected chi connectivity index (χ2v) is 6.08. The van der Waals surface area contributed by atoms with Gasteiger partial charge in [0.2, 0.25) is 0 Å². The van der Waals surface area contributed by atoms with Gasteiger partial charge < -0.3 is 4.74 Å². The number of fused-ring (bicyclic) bond motifs is 1. The fraction of sp³-hybridized carbons (Fsp3) is 0.0909. The number of hydrogen-bond donors (Lipinski definition) is 0. The topological polar surface area (TPSA) is 44.1 Å². The first kappa shape index (κ1) is 16.1. The third kappa shape index (κ3) is 2.97. The molecule has 0 spiro atoms. The summed E-state index contributed by atoms with van der Waals surface area (Å²) in [6.45, 7) is 0.693. The number of aromatic nitrogens is 2. The summed E-state index contributed by atoms with van der Waals surface area (Å²) in [5, 5.41) is 5.91. The van der Waals surface area contributed by atoms with Gasteiger partial charge in [-0.2, -0.15) is 5.10 Å². The second kappa shape index (κ2) is 6.84. The summed E-state index contributed by atoms with van der Waals surface area (Å²) in [5.41, 5.74) is 4.54. The second-order valence-electron chi connectivity index (χ2n) is 6.08. The van der Waals surface area contributed by atoms with E-state index in [0.717, 1.165) is 22.2 Å². The molecule has 0 aliphatic rings. The minimum absolute atomic E-state index is 0.347. The Morgan fingerprint density at radius 3 is 2.54 bits per heavy atom. The lowest BCUT2D eigenvalue weighted by Crippen LogP contribution is -2.02. The lowest BCUT2D eigenvalue weighted by atomic mass is 10.1. The predicted molar refractivity (Wildman–Crippen MR) is 102 cm³/mol. The smallest absolute Gasteiger partial charge is 0.337 e. The summed E-state index contributed by atoms with van der Waals surface area (Å²) >= 11 is 0. The first-order valence-electron chi connectivity index (χ1n) is 8.44. The summed E-state index contributed by atoms with van der Waals surface area (Å²) in [4.78, 5) is 11.9. The molecule has 0 fully saturated rings. The van der Waals surface area contributed by atoms with Crippen molar-refractivity contribution in [3.05, 3.63) is 90.0 Å². The zero-order valence-electron chi connectivity index (χ0n) is 14.4. The number of nitrogens with zero attached hydrogens (tertiary/aromatic N) is 2. The van der Waals surface area contributed by atoms with E-state index in [1.165, 1.54) is 12.7 Å². The van der Waals surface area contributed by atoms with Gasteiger partial charge in [0.25, 0.3) is 0 Å². The number of methoxy groups -OCH3 is 1. The van der Waals surface area contributed by atoms with Crippen molar-refractivity contribution in [1.29, 1.82) is 0 Å². The fourth-order valence-corrected chi connectivity index (χ4v) is 3.13. The molecule has 0 saturated carbocycles. The van der Waals surface area contributed by atoms with E-state index < -0.39 is 0 Å². The van der Waals surface area contributed by atoms with E-state index in [9.17, 15) is 4.79 Å². The Bertz CT molecular complexity index is 1070. The largest absolute Gasteiger partial charge is 0.465 e. The Kier molecular flexibility index (Phi) is 4.23. The third-order valence-corrected chi connectivity index (χ3v) is 4.39. The summed E-state index contributed by atoms with van der Waals surface area (Å²) in [7, 11) is 1.39. The highest BCUT2D eigenvalue weighted by atomic mass is 16.5. The van der Waals surface area contributed by atoms with Gasteiger partial charge in [-0.05, 0) is 23.8 Å². The van der Waals surface area contributed by atoms with Gasteiger partial charge in [-0.1, -0.05) is 60.7 Å². The van der Waals surface area contributed by atoms with Crippen molar-refractivity contribution in [2.24, 2.45) is 0 Å². The number of rotatable bonds is 4. The minimum Gasteiger partial charge on any atom is -0.465 e. The van der Waals surface area contributed by atoms with Gasteiger partial charge in [0.05, 0.1) is 24.7 Å². The SMILES string of the molecule is COC(=O)c1cccc(-c2nn(Cc3ccccc3)c3ccccc23)c1. The van der Waals surface area contributed by atoms with E-state index in [0.29, 0.717) is 12.1 Å². The number of esters is 1. The van der Waals surface area contributed by atoms with Crippen LogP contribution in [0, 0.1) is 0 Å². The normalized spacial score (nSPS) is 10.8. The number of carbonyl (C=O) groups is 1. The molecule has 4 heteroatoms. The van der Waals surface area contributed by atoms with Crippen molar-refractivity contribution in [3.8, 4) is 11.3 Å². The van der Waals surface area contributed by atoms with Crippen LogP contribution < -0.4 is 0 Å². The fourth-order valence-electron chi connectivity index (χ4n) is 3.13. The number of para-hydroxylation sites is 1. The van der Waals surface area contributed by atoms with Crippen molar-refractivity contribution in [3.63, 3.8) is 0 Å². The van der Waals surface area contributed by atoms with Gasteiger partial charge in [0.15, 0.2) is 0 Å². The first-order valence-corrected chi connectivity index (χ1v) is 8.44. The predicted octanol–water partition coefficient (Wildman–Crippen LogP) is 4.54. The third-order valence-electron chi connectivity index (χ3n) is 4.39. The maximum Gasteiger partial charge on any atom is 0.337 e. The molecule has 0 radical (unpaired) electrons. The van der Waals surface area contributed by atoms with E-state index in [1.54, 1.807) is 6.07 Å². The number of carbonyl (C=O) groups excluding carboxylic acids is 1. The van der Waals surface area contributed by atoms with E-state index in [4.69, 9.17) is 9.84 Å². The molecule has 0 bridgehead atoms. The summed E-state index contributed by atoms with van der Waals surface area (Å²) < 4.78 is 6.84. The monoisotopic (exact) mass is 342 g/mol. The van der Waals surface area contributed by atoms with E-state index in [1.807, 2.05) is 53.2 Å². The molecule has 4 aromatic rings. The Hall–Kier alpha value is -3.40. The van der Waals surface area contributed by atoms with Gasteiger partial charge in [-0.3, -0.25) is 4.68 Å². The maximum absolute atomic E-state index is 11.9. The molecular weight excluding hydrogens is 324 g/mol. The average Bonchev–Trinajstić information content (AvgIpc) is 3.07. The molecule has 0 N–H and O–H groups in total. The van der Waals surface area contributed by atoms with Crippen LogP contribution in [0.3, 0.4) is 0 Å². The maximum atomic E-state index is 11.9. The van der Waals surface area contributed by atoms with Crippen molar-refractivity contribution in [2.45, 2.75) is 6.54 Å². The van der Waals surface area contributed by atoms with Crippen LogP contribution in [0.4, 0.5) is 0 Å². The Balaban J connectivity index is 1.83.